The van der Waals surface area contributed by atoms with E-state index in [4.69, 9.17) is 10.2 Å². The second kappa shape index (κ2) is 6.90. The van der Waals surface area contributed by atoms with E-state index < -0.39 is 0 Å². The van der Waals surface area contributed by atoms with Crippen molar-refractivity contribution in [3.63, 3.8) is 0 Å². The minimum absolute atomic E-state index is 0.0938. The van der Waals surface area contributed by atoms with E-state index in [0.29, 0.717) is 19.6 Å². The van der Waals surface area contributed by atoms with Crippen LogP contribution in [0.1, 0.15) is 5.69 Å². The largest absolute Gasteiger partial charge is 0.395 e. The Balaban J connectivity index is 2.53. The van der Waals surface area contributed by atoms with Gasteiger partial charge in [0.2, 0.25) is 0 Å². The maximum atomic E-state index is 8.83. The number of hydrogen-bond acceptors (Lipinski definition) is 4. The molecule has 0 aliphatic carbocycles. The van der Waals surface area contributed by atoms with Gasteiger partial charge in [-0.3, -0.25) is 9.88 Å². The summed E-state index contributed by atoms with van der Waals surface area (Å²) in [5.74, 6) is 0. The number of aromatic nitrogens is 1. The fraction of sp³-hybridized carbons (Fsp3) is 0.500. The smallest absolute Gasteiger partial charge is 0.0558 e. The highest BCUT2D eigenvalue weighted by Crippen LogP contribution is 2.08. The van der Waals surface area contributed by atoms with Gasteiger partial charge in [0.15, 0.2) is 0 Å². The molecular formula is C10H15BrN2O2. The quantitative estimate of drug-likeness (QED) is 0.799. The molecule has 0 fully saturated rings. The van der Waals surface area contributed by atoms with E-state index in [2.05, 4.69) is 20.9 Å². The molecule has 4 nitrogen and oxygen atoms in total. The maximum absolute atomic E-state index is 8.83. The van der Waals surface area contributed by atoms with Gasteiger partial charge in [-0.1, -0.05) is 0 Å². The van der Waals surface area contributed by atoms with Crippen LogP contribution in [0.15, 0.2) is 22.8 Å². The van der Waals surface area contributed by atoms with Gasteiger partial charge in [-0.15, -0.1) is 0 Å². The summed E-state index contributed by atoms with van der Waals surface area (Å²) in [6.07, 6.45) is 1.74. The summed E-state index contributed by atoms with van der Waals surface area (Å²) in [5, 5.41) is 17.7. The summed E-state index contributed by atoms with van der Waals surface area (Å²) in [5.41, 5.74) is 0.931. The molecule has 1 heterocycles. The molecule has 15 heavy (non-hydrogen) atoms. The third-order valence-corrected chi connectivity index (χ3v) is 2.48. The van der Waals surface area contributed by atoms with Gasteiger partial charge in [0.1, 0.15) is 0 Å². The third kappa shape index (κ3) is 4.70. The van der Waals surface area contributed by atoms with E-state index >= 15 is 0 Å². The monoisotopic (exact) mass is 274 g/mol. The molecule has 0 atom stereocenters. The number of hydrogen-bond donors (Lipinski definition) is 2. The first-order valence-electron chi connectivity index (χ1n) is 4.80. The van der Waals surface area contributed by atoms with Crippen LogP contribution in [0.25, 0.3) is 0 Å². The van der Waals surface area contributed by atoms with Crippen molar-refractivity contribution in [1.82, 2.24) is 9.88 Å². The van der Waals surface area contributed by atoms with Gasteiger partial charge >= 0.3 is 0 Å². The predicted octanol–water partition coefficient (Wildman–Crippen LogP) is 0.631. The maximum Gasteiger partial charge on any atom is 0.0558 e. The van der Waals surface area contributed by atoms with E-state index in [0.717, 1.165) is 10.2 Å². The molecule has 84 valence electrons. The zero-order valence-corrected chi connectivity index (χ0v) is 10.0. The van der Waals surface area contributed by atoms with Crippen LogP contribution in [0, 0.1) is 0 Å². The van der Waals surface area contributed by atoms with Crippen molar-refractivity contribution in [1.29, 1.82) is 0 Å². The van der Waals surface area contributed by atoms with Crippen molar-refractivity contribution in [2.45, 2.75) is 6.54 Å². The van der Waals surface area contributed by atoms with Gasteiger partial charge in [0, 0.05) is 30.3 Å². The van der Waals surface area contributed by atoms with Gasteiger partial charge in [-0.2, -0.15) is 0 Å². The Morgan fingerprint density at radius 1 is 1.20 bits per heavy atom. The molecule has 5 heteroatoms. The molecule has 2 N–H and O–H groups in total. The number of halogens is 1. The van der Waals surface area contributed by atoms with Gasteiger partial charge in [-0.05, 0) is 28.1 Å². The van der Waals surface area contributed by atoms with Crippen molar-refractivity contribution in [3.8, 4) is 0 Å². The van der Waals surface area contributed by atoms with Crippen molar-refractivity contribution < 1.29 is 10.2 Å². The Labute approximate surface area is 97.7 Å². The lowest BCUT2D eigenvalue weighted by Gasteiger charge is -2.19. The fourth-order valence-electron chi connectivity index (χ4n) is 1.28. The van der Waals surface area contributed by atoms with Gasteiger partial charge in [0.25, 0.3) is 0 Å². The van der Waals surface area contributed by atoms with E-state index in [1.807, 2.05) is 17.0 Å². The minimum atomic E-state index is 0.0938. The summed E-state index contributed by atoms with van der Waals surface area (Å²) >= 11 is 3.32. The number of aliphatic hydroxyl groups excluding tert-OH is 2. The Bertz CT molecular complexity index is 273. The van der Waals surface area contributed by atoms with E-state index in [9.17, 15) is 0 Å². The molecular weight excluding hydrogens is 260 g/mol. The molecule has 0 aliphatic rings. The first kappa shape index (κ1) is 12.6. The van der Waals surface area contributed by atoms with Crippen LogP contribution in [0.2, 0.25) is 0 Å². The van der Waals surface area contributed by atoms with Crippen LogP contribution >= 0.6 is 15.9 Å². The average Bonchev–Trinajstić information content (AvgIpc) is 2.22. The Morgan fingerprint density at radius 2 is 1.87 bits per heavy atom. The molecule has 0 unspecified atom stereocenters. The Hall–Kier alpha value is -0.490. The second-order valence-corrected chi connectivity index (χ2v) is 4.11. The fourth-order valence-corrected chi connectivity index (χ4v) is 1.52. The minimum Gasteiger partial charge on any atom is -0.395 e. The standard InChI is InChI=1S/C10H15BrN2O2/c11-9-1-2-10(12-7-9)8-13(3-5-14)4-6-15/h1-2,7,14-15H,3-6,8H2. The predicted molar refractivity (Wildman–Crippen MR) is 61.4 cm³/mol. The number of pyridine rings is 1. The van der Waals surface area contributed by atoms with Gasteiger partial charge in [0.05, 0.1) is 18.9 Å². The molecule has 1 aromatic heterocycles. The Morgan fingerprint density at radius 3 is 2.33 bits per heavy atom. The lowest BCUT2D eigenvalue weighted by molar-refractivity contribution is 0.154. The molecule has 0 radical (unpaired) electrons. The van der Waals surface area contributed by atoms with Crippen LogP contribution in [-0.2, 0) is 6.54 Å². The molecule has 1 rings (SSSR count). The summed E-state index contributed by atoms with van der Waals surface area (Å²) in [7, 11) is 0. The van der Waals surface area contributed by atoms with Crippen LogP contribution in [-0.4, -0.2) is 46.4 Å². The topological polar surface area (TPSA) is 56.6 Å². The van der Waals surface area contributed by atoms with Crippen LogP contribution < -0.4 is 0 Å². The average molecular weight is 275 g/mol. The highest BCUT2D eigenvalue weighted by Gasteiger charge is 2.05. The molecule has 0 saturated heterocycles. The Kier molecular flexibility index (Phi) is 5.78. The van der Waals surface area contributed by atoms with Crippen molar-refractivity contribution in [3.05, 3.63) is 28.5 Å². The molecule has 0 bridgehead atoms. The molecule has 1 aromatic rings. The summed E-state index contributed by atoms with van der Waals surface area (Å²) in [4.78, 5) is 6.19. The number of aliphatic hydroxyl groups is 2. The van der Waals surface area contributed by atoms with Crippen molar-refractivity contribution >= 4 is 15.9 Å². The van der Waals surface area contributed by atoms with Crippen molar-refractivity contribution in [2.75, 3.05) is 26.3 Å². The molecule has 0 spiro atoms. The van der Waals surface area contributed by atoms with Gasteiger partial charge in [-0.25, -0.2) is 0 Å². The normalized spacial score (nSPS) is 10.9. The highest BCUT2D eigenvalue weighted by molar-refractivity contribution is 9.10. The lowest BCUT2D eigenvalue weighted by atomic mass is 10.3. The SMILES string of the molecule is OCCN(CCO)Cc1ccc(Br)cn1. The number of rotatable bonds is 6. The molecule has 0 aromatic carbocycles. The first-order chi connectivity index (χ1) is 7.26. The molecule has 0 aliphatic heterocycles. The second-order valence-electron chi connectivity index (χ2n) is 3.19. The van der Waals surface area contributed by atoms with E-state index in [-0.39, 0.29) is 13.2 Å². The summed E-state index contributed by atoms with van der Waals surface area (Å²) in [6, 6.07) is 3.85. The zero-order chi connectivity index (χ0) is 11.1. The van der Waals surface area contributed by atoms with Crippen molar-refractivity contribution in [2.24, 2.45) is 0 Å². The van der Waals surface area contributed by atoms with Gasteiger partial charge < -0.3 is 10.2 Å². The summed E-state index contributed by atoms with van der Waals surface area (Å²) < 4.78 is 0.946. The molecule has 0 amide bonds. The third-order valence-electron chi connectivity index (χ3n) is 2.01. The number of nitrogens with zero attached hydrogens (tertiary/aromatic N) is 2. The highest BCUT2D eigenvalue weighted by atomic mass is 79.9. The first-order valence-corrected chi connectivity index (χ1v) is 5.60. The van der Waals surface area contributed by atoms with Crippen LogP contribution in [0.4, 0.5) is 0 Å². The van der Waals surface area contributed by atoms with Crippen LogP contribution in [0.3, 0.4) is 0 Å². The van der Waals surface area contributed by atoms with Crippen LogP contribution in [0.5, 0.6) is 0 Å². The molecule has 0 saturated carbocycles. The van der Waals surface area contributed by atoms with E-state index in [1.54, 1.807) is 6.20 Å². The lowest BCUT2D eigenvalue weighted by Crippen LogP contribution is -2.29. The summed E-state index contributed by atoms with van der Waals surface area (Å²) in [6.45, 7) is 1.94. The van der Waals surface area contributed by atoms with E-state index in [1.165, 1.54) is 0 Å². The zero-order valence-electron chi connectivity index (χ0n) is 8.43.